The minimum atomic E-state index is -3.35. The largest absolute Gasteiger partial charge is 0.481 e. The molecule has 0 aliphatic heterocycles. The second-order valence-corrected chi connectivity index (χ2v) is 3.95. The van der Waals surface area contributed by atoms with Crippen LogP contribution in [0, 0.1) is 0 Å². The number of aliphatic carboxylic acids is 1. The molecule has 0 aliphatic carbocycles. The van der Waals surface area contributed by atoms with E-state index in [1.165, 1.54) is 6.20 Å². The van der Waals surface area contributed by atoms with Crippen LogP contribution in [0.4, 0.5) is 8.78 Å². The summed E-state index contributed by atoms with van der Waals surface area (Å²) in [5, 5.41) is 8.89. The van der Waals surface area contributed by atoms with E-state index < -0.39 is 18.3 Å². The quantitative estimate of drug-likeness (QED) is 0.894. The second-order valence-electron chi connectivity index (χ2n) is 3.95. The molecule has 0 bridgehead atoms. The average molecular weight is 239 g/mol. The summed E-state index contributed by atoms with van der Waals surface area (Å²) in [4.78, 5) is 10.4. The van der Waals surface area contributed by atoms with E-state index in [-0.39, 0.29) is 5.56 Å². The molecule has 0 radical (unpaired) electrons. The van der Waals surface area contributed by atoms with Crippen molar-refractivity contribution < 1.29 is 18.7 Å². The third-order valence-electron chi connectivity index (χ3n) is 2.66. The Morgan fingerprint density at radius 1 is 1.41 bits per heavy atom. The maximum Gasteiger partial charge on any atom is 0.309 e. The Kier molecular flexibility index (Phi) is 2.61. The normalized spacial score (nSPS) is 11.9. The highest BCUT2D eigenvalue weighted by molar-refractivity contribution is 5.85. The zero-order valence-corrected chi connectivity index (χ0v) is 9.15. The molecule has 0 spiro atoms. The Morgan fingerprint density at radius 2 is 2.06 bits per heavy atom. The van der Waals surface area contributed by atoms with Crippen molar-refractivity contribution in [3.05, 3.63) is 36.0 Å². The molecule has 1 N–H and O–H groups in total. The summed E-state index contributed by atoms with van der Waals surface area (Å²) in [5.74, 6) is -4.87. The van der Waals surface area contributed by atoms with Gasteiger partial charge in [0, 0.05) is 29.7 Å². The van der Waals surface area contributed by atoms with Gasteiger partial charge in [-0.3, -0.25) is 4.79 Å². The van der Waals surface area contributed by atoms with Gasteiger partial charge >= 0.3 is 5.97 Å². The molecule has 3 nitrogen and oxygen atoms in total. The molecule has 90 valence electrons. The number of carbonyl (C=O) groups is 1. The fourth-order valence-corrected chi connectivity index (χ4v) is 1.92. The number of fused-ring (bicyclic) bond motifs is 1. The highest BCUT2D eigenvalue weighted by atomic mass is 19.3. The van der Waals surface area contributed by atoms with Gasteiger partial charge < -0.3 is 9.67 Å². The van der Waals surface area contributed by atoms with E-state index >= 15 is 0 Å². The Labute approximate surface area is 96.3 Å². The Bertz CT molecular complexity index is 575. The summed E-state index contributed by atoms with van der Waals surface area (Å²) in [6.45, 7) is 0. The van der Waals surface area contributed by atoms with Gasteiger partial charge in [-0.2, -0.15) is 0 Å². The monoisotopic (exact) mass is 239 g/mol. The SMILES string of the molecule is Cn1cc(C(F)(F)CC(=O)O)c2ccccc21. The number of halogens is 2. The van der Waals surface area contributed by atoms with Gasteiger partial charge in [-0.15, -0.1) is 0 Å². The number of benzene rings is 1. The van der Waals surface area contributed by atoms with Gasteiger partial charge in [-0.1, -0.05) is 18.2 Å². The first-order valence-corrected chi connectivity index (χ1v) is 5.06. The van der Waals surface area contributed by atoms with Gasteiger partial charge in [-0.25, -0.2) is 8.78 Å². The fourth-order valence-electron chi connectivity index (χ4n) is 1.92. The molecule has 2 aromatic rings. The Hall–Kier alpha value is -1.91. The van der Waals surface area contributed by atoms with E-state index in [0.717, 1.165) is 0 Å². The summed E-state index contributed by atoms with van der Waals surface area (Å²) in [7, 11) is 1.66. The number of rotatable bonds is 3. The standard InChI is InChI=1S/C12H11F2NO2/c1-15-7-9(12(13,14)6-11(16)17)8-4-2-3-5-10(8)15/h2-5,7H,6H2,1H3,(H,16,17). The summed E-state index contributed by atoms with van der Waals surface area (Å²) < 4.78 is 29.1. The van der Waals surface area contributed by atoms with Gasteiger partial charge in [0.1, 0.15) is 6.42 Å². The molecule has 0 atom stereocenters. The molecule has 0 saturated heterocycles. The molecule has 17 heavy (non-hydrogen) atoms. The topological polar surface area (TPSA) is 42.2 Å². The molecule has 0 unspecified atom stereocenters. The lowest BCUT2D eigenvalue weighted by atomic mass is 10.0. The molecule has 0 aliphatic rings. The van der Waals surface area contributed by atoms with Crippen molar-refractivity contribution in [1.29, 1.82) is 0 Å². The van der Waals surface area contributed by atoms with E-state index in [0.29, 0.717) is 10.9 Å². The van der Waals surface area contributed by atoms with Crippen LogP contribution in [0.25, 0.3) is 10.9 Å². The summed E-state index contributed by atoms with van der Waals surface area (Å²) in [6, 6.07) is 6.69. The van der Waals surface area contributed by atoms with Crippen molar-refractivity contribution in [1.82, 2.24) is 4.57 Å². The van der Waals surface area contributed by atoms with Crippen molar-refractivity contribution in [2.45, 2.75) is 12.3 Å². The van der Waals surface area contributed by atoms with E-state index in [9.17, 15) is 13.6 Å². The van der Waals surface area contributed by atoms with Crippen molar-refractivity contribution in [3.8, 4) is 0 Å². The highest BCUT2D eigenvalue weighted by Crippen LogP contribution is 2.37. The lowest BCUT2D eigenvalue weighted by Gasteiger charge is -2.12. The number of para-hydroxylation sites is 1. The molecule has 1 aromatic carbocycles. The van der Waals surface area contributed by atoms with Crippen molar-refractivity contribution in [2.24, 2.45) is 7.05 Å². The van der Waals surface area contributed by atoms with Crippen molar-refractivity contribution in [3.63, 3.8) is 0 Å². The molecular weight excluding hydrogens is 228 g/mol. The first-order valence-electron chi connectivity index (χ1n) is 5.06. The molecule has 0 amide bonds. The fraction of sp³-hybridized carbons (Fsp3) is 0.250. The lowest BCUT2D eigenvalue weighted by Crippen LogP contribution is -2.18. The van der Waals surface area contributed by atoms with Crippen LogP contribution < -0.4 is 0 Å². The maximum absolute atomic E-state index is 13.8. The molecule has 1 heterocycles. The zero-order valence-electron chi connectivity index (χ0n) is 9.15. The first-order chi connectivity index (χ1) is 7.92. The second kappa shape index (κ2) is 3.84. The van der Waals surface area contributed by atoms with Gasteiger partial charge in [-0.05, 0) is 6.07 Å². The number of hydrogen-bond acceptors (Lipinski definition) is 1. The summed E-state index contributed by atoms with van der Waals surface area (Å²) in [6.07, 6.45) is 0.0919. The molecule has 5 heteroatoms. The molecular formula is C12H11F2NO2. The number of aromatic nitrogens is 1. The number of carboxylic acid groups (broad SMARTS) is 1. The van der Waals surface area contributed by atoms with Crippen molar-refractivity contribution >= 4 is 16.9 Å². The van der Waals surface area contributed by atoms with Gasteiger partial charge in [0.05, 0.1) is 0 Å². The third kappa shape index (κ3) is 2.00. The minimum absolute atomic E-state index is 0.238. The smallest absolute Gasteiger partial charge is 0.309 e. The molecule has 0 saturated carbocycles. The predicted octanol–water partition coefficient (Wildman–Crippen LogP) is 2.74. The van der Waals surface area contributed by atoms with Crippen LogP contribution in [-0.4, -0.2) is 15.6 Å². The Morgan fingerprint density at radius 3 is 2.71 bits per heavy atom. The lowest BCUT2D eigenvalue weighted by molar-refractivity contribution is -0.145. The van der Waals surface area contributed by atoms with Crippen LogP contribution in [0.15, 0.2) is 30.5 Å². The van der Waals surface area contributed by atoms with Crippen LogP contribution in [0.5, 0.6) is 0 Å². The van der Waals surface area contributed by atoms with Crippen LogP contribution in [0.2, 0.25) is 0 Å². The number of carboxylic acids is 1. The molecule has 2 rings (SSSR count). The van der Waals surface area contributed by atoms with Gasteiger partial charge in [0.25, 0.3) is 5.92 Å². The summed E-state index contributed by atoms with van der Waals surface area (Å²) >= 11 is 0. The van der Waals surface area contributed by atoms with Crippen LogP contribution >= 0.6 is 0 Å². The first kappa shape index (κ1) is 11.6. The van der Waals surface area contributed by atoms with Crippen molar-refractivity contribution in [2.75, 3.05) is 0 Å². The third-order valence-corrected chi connectivity index (χ3v) is 2.66. The van der Waals surface area contributed by atoms with E-state index in [1.807, 2.05) is 0 Å². The van der Waals surface area contributed by atoms with Gasteiger partial charge in [0.2, 0.25) is 0 Å². The number of nitrogens with zero attached hydrogens (tertiary/aromatic N) is 1. The van der Waals surface area contributed by atoms with Crippen LogP contribution in [0.1, 0.15) is 12.0 Å². The highest BCUT2D eigenvalue weighted by Gasteiger charge is 2.37. The van der Waals surface area contributed by atoms with Crippen LogP contribution in [0.3, 0.4) is 0 Å². The average Bonchev–Trinajstić information content (AvgIpc) is 2.56. The maximum atomic E-state index is 13.8. The molecule has 1 aromatic heterocycles. The number of hydrogen-bond donors (Lipinski definition) is 1. The van der Waals surface area contributed by atoms with E-state index in [1.54, 1.807) is 35.9 Å². The van der Waals surface area contributed by atoms with Gasteiger partial charge in [0.15, 0.2) is 0 Å². The zero-order chi connectivity index (χ0) is 12.6. The summed E-state index contributed by atoms with van der Waals surface area (Å²) in [5.41, 5.74) is 0.422. The van der Waals surface area contributed by atoms with E-state index in [4.69, 9.17) is 5.11 Å². The molecule has 0 fully saturated rings. The minimum Gasteiger partial charge on any atom is -0.481 e. The predicted molar refractivity (Wildman–Crippen MR) is 59.1 cm³/mol. The number of alkyl halides is 2. The van der Waals surface area contributed by atoms with E-state index in [2.05, 4.69) is 0 Å². The Balaban J connectivity index is 2.59. The number of aryl methyl sites for hydroxylation is 1. The van der Waals surface area contributed by atoms with Crippen LogP contribution in [-0.2, 0) is 17.8 Å².